The molecule has 0 amide bonds. The predicted molar refractivity (Wildman–Crippen MR) is 58.9 cm³/mol. The molecule has 0 aliphatic carbocycles. The van der Waals surface area contributed by atoms with E-state index in [0.717, 1.165) is 5.56 Å². The number of nitrogens with zero attached hydrogens (tertiary/aromatic N) is 6. The van der Waals surface area contributed by atoms with Gasteiger partial charge in [0.15, 0.2) is 11.5 Å². The molecule has 17 heavy (non-hydrogen) atoms. The van der Waals surface area contributed by atoms with Gasteiger partial charge in [-0.15, -0.1) is 5.10 Å². The van der Waals surface area contributed by atoms with E-state index in [9.17, 15) is 0 Å². The SMILES string of the molecule is Nc1[nH]ncc1CNc1cncc2nnnn12. The van der Waals surface area contributed by atoms with Gasteiger partial charge >= 0.3 is 0 Å². The Morgan fingerprint density at radius 2 is 2.29 bits per heavy atom. The summed E-state index contributed by atoms with van der Waals surface area (Å²) in [5.41, 5.74) is 7.13. The van der Waals surface area contributed by atoms with E-state index in [-0.39, 0.29) is 0 Å². The Kier molecular flexibility index (Phi) is 2.07. The van der Waals surface area contributed by atoms with Crippen molar-refractivity contribution >= 4 is 17.3 Å². The zero-order chi connectivity index (χ0) is 11.7. The van der Waals surface area contributed by atoms with Crippen LogP contribution >= 0.6 is 0 Å². The predicted octanol–water partition coefficient (Wildman–Crippen LogP) is -0.563. The Bertz CT molecular complexity index is 639. The molecule has 0 atom stereocenters. The van der Waals surface area contributed by atoms with E-state index in [1.807, 2.05) is 0 Å². The molecular formula is C8H9N9. The Balaban J connectivity index is 1.86. The van der Waals surface area contributed by atoms with Gasteiger partial charge < -0.3 is 11.1 Å². The minimum Gasteiger partial charge on any atom is -0.384 e. The van der Waals surface area contributed by atoms with Crippen molar-refractivity contribution in [1.82, 2.24) is 35.2 Å². The van der Waals surface area contributed by atoms with E-state index in [2.05, 4.69) is 36.0 Å². The average Bonchev–Trinajstić information content (AvgIpc) is 2.95. The molecule has 0 saturated carbocycles. The molecule has 0 aromatic carbocycles. The number of aromatic nitrogens is 7. The van der Waals surface area contributed by atoms with Crippen LogP contribution in [0.5, 0.6) is 0 Å². The molecule has 3 heterocycles. The molecule has 0 saturated heterocycles. The molecule has 3 aromatic rings. The number of nitrogen functional groups attached to an aromatic ring is 1. The number of hydrogen-bond donors (Lipinski definition) is 3. The van der Waals surface area contributed by atoms with Gasteiger partial charge in [0.05, 0.1) is 18.6 Å². The lowest BCUT2D eigenvalue weighted by Crippen LogP contribution is -2.06. The monoisotopic (exact) mass is 231 g/mol. The summed E-state index contributed by atoms with van der Waals surface area (Å²) in [6.07, 6.45) is 4.88. The quantitative estimate of drug-likeness (QED) is 0.551. The van der Waals surface area contributed by atoms with Gasteiger partial charge in [-0.1, -0.05) is 0 Å². The minimum absolute atomic E-state index is 0.517. The van der Waals surface area contributed by atoms with Crippen LogP contribution in [0.2, 0.25) is 0 Å². The van der Waals surface area contributed by atoms with Crippen LogP contribution in [0.3, 0.4) is 0 Å². The van der Waals surface area contributed by atoms with Crippen LogP contribution in [-0.4, -0.2) is 35.2 Å². The number of hydrogen-bond acceptors (Lipinski definition) is 7. The molecule has 3 aromatic heterocycles. The number of tetrazole rings is 1. The van der Waals surface area contributed by atoms with Gasteiger partial charge in [-0.25, -0.2) is 0 Å². The summed E-state index contributed by atoms with van der Waals surface area (Å²) in [7, 11) is 0. The maximum atomic E-state index is 5.68. The third-order valence-corrected chi connectivity index (χ3v) is 2.32. The summed E-state index contributed by atoms with van der Waals surface area (Å²) < 4.78 is 1.56. The highest BCUT2D eigenvalue weighted by Gasteiger charge is 2.05. The second kappa shape index (κ2) is 3.70. The fourth-order valence-corrected chi connectivity index (χ4v) is 1.44. The molecule has 0 aliphatic heterocycles. The molecule has 4 N–H and O–H groups in total. The number of aromatic amines is 1. The topological polar surface area (TPSA) is 123 Å². The summed E-state index contributed by atoms with van der Waals surface area (Å²) in [4.78, 5) is 4.03. The second-order valence-corrected chi connectivity index (χ2v) is 3.40. The fraction of sp³-hybridized carbons (Fsp3) is 0.125. The van der Waals surface area contributed by atoms with Gasteiger partial charge in [-0.2, -0.15) is 9.61 Å². The van der Waals surface area contributed by atoms with E-state index >= 15 is 0 Å². The molecule has 0 spiro atoms. The first kappa shape index (κ1) is 9.51. The van der Waals surface area contributed by atoms with E-state index in [4.69, 9.17) is 5.73 Å². The Morgan fingerprint density at radius 1 is 1.35 bits per heavy atom. The first-order chi connectivity index (χ1) is 8.34. The van der Waals surface area contributed by atoms with Crippen molar-refractivity contribution in [3.63, 3.8) is 0 Å². The maximum Gasteiger partial charge on any atom is 0.199 e. The summed E-state index contributed by atoms with van der Waals surface area (Å²) in [5.74, 6) is 1.22. The third-order valence-electron chi connectivity index (χ3n) is 2.32. The van der Waals surface area contributed by atoms with Crippen molar-refractivity contribution in [2.24, 2.45) is 0 Å². The first-order valence-corrected chi connectivity index (χ1v) is 4.88. The molecule has 86 valence electrons. The summed E-state index contributed by atoms with van der Waals surface area (Å²) in [5, 5.41) is 20.8. The largest absolute Gasteiger partial charge is 0.384 e. The van der Waals surface area contributed by atoms with Crippen molar-refractivity contribution in [1.29, 1.82) is 0 Å². The standard InChI is InChI=1S/C8H9N9/c9-8-5(2-12-14-8)1-11-6-3-10-4-7-13-15-16-17(6)7/h2-4,11H,1H2,(H3,9,12,14). The van der Waals surface area contributed by atoms with E-state index in [1.165, 1.54) is 0 Å². The molecule has 3 rings (SSSR count). The number of anilines is 2. The van der Waals surface area contributed by atoms with Crippen LogP contribution in [-0.2, 0) is 6.54 Å². The van der Waals surface area contributed by atoms with Gasteiger partial charge in [0.25, 0.3) is 0 Å². The zero-order valence-corrected chi connectivity index (χ0v) is 8.70. The van der Waals surface area contributed by atoms with Crippen molar-refractivity contribution in [2.75, 3.05) is 11.1 Å². The molecule has 0 radical (unpaired) electrons. The van der Waals surface area contributed by atoms with Crippen LogP contribution < -0.4 is 11.1 Å². The molecular weight excluding hydrogens is 222 g/mol. The molecule has 0 aliphatic rings. The number of nitrogens with two attached hydrogens (primary N) is 1. The van der Waals surface area contributed by atoms with E-state index < -0.39 is 0 Å². The number of nitrogens with one attached hydrogen (secondary N) is 2. The molecule has 0 unspecified atom stereocenters. The summed E-state index contributed by atoms with van der Waals surface area (Å²) in [6, 6.07) is 0. The van der Waals surface area contributed by atoms with E-state index in [1.54, 1.807) is 23.1 Å². The lowest BCUT2D eigenvalue weighted by molar-refractivity contribution is 0.819. The summed E-state index contributed by atoms with van der Waals surface area (Å²) >= 11 is 0. The number of H-pyrrole nitrogens is 1. The van der Waals surface area contributed by atoms with Crippen molar-refractivity contribution < 1.29 is 0 Å². The summed E-state index contributed by atoms with van der Waals surface area (Å²) in [6.45, 7) is 0.517. The maximum absolute atomic E-state index is 5.68. The molecule has 0 fully saturated rings. The first-order valence-electron chi connectivity index (χ1n) is 4.88. The lowest BCUT2D eigenvalue weighted by atomic mass is 10.3. The van der Waals surface area contributed by atoms with Crippen LogP contribution in [0.4, 0.5) is 11.6 Å². The Hall–Kier alpha value is -2.71. The van der Waals surface area contributed by atoms with E-state index in [0.29, 0.717) is 23.8 Å². The Labute approximate surface area is 95.0 Å². The number of fused-ring (bicyclic) bond motifs is 1. The van der Waals surface area contributed by atoms with Crippen LogP contribution in [0.1, 0.15) is 5.56 Å². The molecule has 9 heteroatoms. The van der Waals surface area contributed by atoms with Gasteiger partial charge in [0.1, 0.15) is 5.82 Å². The van der Waals surface area contributed by atoms with Crippen LogP contribution in [0, 0.1) is 0 Å². The van der Waals surface area contributed by atoms with Crippen LogP contribution in [0.15, 0.2) is 18.6 Å². The van der Waals surface area contributed by atoms with Gasteiger partial charge in [0, 0.05) is 12.1 Å². The molecule has 0 bridgehead atoms. The van der Waals surface area contributed by atoms with Gasteiger partial charge in [-0.05, 0) is 10.4 Å². The minimum atomic E-state index is 0.517. The normalized spacial score (nSPS) is 10.8. The molecule has 9 nitrogen and oxygen atoms in total. The Morgan fingerprint density at radius 3 is 3.12 bits per heavy atom. The van der Waals surface area contributed by atoms with Crippen molar-refractivity contribution in [3.8, 4) is 0 Å². The van der Waals surface area contributed by atoms with Gasteiger partial charge in [-0.3, -0.25) is 10.1 Å². The highest BCUT2D eigenvalue weighted by Crippen LogP contribution is 2.10. The van der Waals surface area contributed by atoms with Crippen LogP contribution in [0.25, 0.3) is 5.65 Å². The smallest absolute Gasteiger partial charge is 0.199 e. The number of rotatable bonds is 3. The highest BCUT2D eigenvalue weighted by molar-refractivity contribution is 5.46. The third kappa shape index (κ3) is 1.62. The fourth-order valence-electron chi connectivity index (χ4n) is 1.44. The lowest BCUT2D eigenvalue weighted by Gasteiger charge is -2.05. The second-order valence-electron chi connectivity index (χ2n) is 3.40. The average molecular weight is 231 g/mol. The zero-order valence-electron chi connectivity index (χ0n) is 8.70. The van der Waals surface area contributed by atoms with Crippen molar-refractivity contribution in [2.45, 2.75) is 6.54 Å². The van der Waals surface area contributed by atoms with Gasteiger partial charge in [0.2, 0.25) is 0 Å². The highest BCUT2D eigenvalue weighted by atomic mass is 15.5. The van der Waals surface area contributed by atoms with Crippen molar-refractivity contribution in [3.05, 3.63) is 24.2 Å².